The van der Waals surface area contributed by atoms with Gasteiger partial charge in [-0.2, -0.15) is 18.9 Å². The zero-order valence-electron chi connectivity index (χ0n) is 16.4. The van der Waals surface area contributed by atoms with Crippen LogP contribution in [0.5, 0.6) is 0 Å². The van der Waals surface area contributed by atoms with Crippen LogP contribution in [-0.2, 0) is 18.3 Å². The number of rotatable bonds is 10. The predicted molar refractivity (Wildman–Crippen MR) is 105 cm³/mol. The number of nitrogens with zero attached hydrogens (tertiary/aromatic N) is 2. The zero-order valence-corrected chi connectivity index (χ0v) is 17.3. The molecular weight excluding hydrogens is 385 g/mol. The Bertz CT molecular complexity index is 690. The van der Waals surface area contributed by atoms with Crippen molar-refractivity contribution in [3.63, 3.8) is 0 Å². The standard InChI is InChI=1S/C18H30N3O6P/c1-2-3-4-5-6-7-8-11-24-28(23)25-13-15-14(27-28)12-17(26-15)21-10-9-16(19)20-18(21)22/h9-10,14-15,17,23H,2-8,11-13H2,1H3,(H-,19,20,22)/p+1/t14-,15+,17+,28?/m0/s1. The smallest absolute Gasteiger partial charge is 0.383 e. The summed E-state index contributed by atoms with van der Waals surface area (Å²) in [6.45, 7) is 2.77. The zero-order chi connectivity index (χ0) is 20.0. The largest absolute Gasteiger partial charge is 0.573 e. The molecule has 0 saturated carbocycles. The summed E-state index contributed by atoms with van der Waals surface area (Å²) in [6, 6.07) is 1.54. The fraction of sp³-hybridized carbons (Fsp3) is 0.778. The minimum absolute atomic E-state index is 0.162. The summed E-state index contributed by atoms with van der Waals surface area (Å²) in [5, 5.41) is 0. The second kappa shape index (κ2) is 10.1. The molecule has 3 rings (SSSR count). The second-order valence-electron chi connectivity index (χ2n) is 7.27. The molecule has 1 unspecified atom stereocenters. The van der Waals surface area contributed by atoms with Crippen LogP contribution in [0.4, 0.5) is 5.82 Å². The van der Waals surface area contributed by atoms with Crippen molar-refractivity contribution in [3.05, 3.63) is 22.7 Å². The molecule has 2 aliphatic rings. The van der Waals surface area contributed by atoms with Crippen molar-refractivity contribution in [2.45, 2.75) is 76.7 Å². The van der Waals surface area contributed by atoms with E-state index >= 15 is 0 Å². The first kappa shape index (κ1) is 21.6. The number of ether oxygens (including phenoxy) is 1. The lowest BCUT2D eigenvalue weighted by Gasteiger charge is -2.26. The van der Waals surface area contributed by atoms with E-state index in [1.807, 2.05) is 0 Å². The van der Waals surface area contributed by atoms with E-state index in [1.165, 1.54) is 36.7 Å². The van der Waals surface area contributed by atoms with Crippen LogP contribution in [0, 0.1) is 0 Å². The molecule has 4 atom stereocenters. The lowest BCUT2D eigenvalue weighted by atomic mass is 10.1. The van der Waals surface area contributed by atoms with E-state index in [-0.39, 0.29) is 18.5 Å². The molecule has 0 spiro atoms. The second-order valence-corrected chi connectivity index (χ2v) is 8.93. The van der Waals surface area contributed by atoms with Gasteiger partial charge in [0.05, 0.1) is 0 Å². The van der Waals surface area contributed by atoms with E-state index < -0.39 is 26.2 Å². The van der Waals surface area contributed by atoms with Crippen LogP contribution in [0.2, 0.25) is 0 Å². The average Bonchev–Trinajstić information content (AvgIpc) is 3.06. The molecule has 2 saturated heterocycles. The van der Waals surface area contributed by atoms with Gasteiger partial charge in [-0.1, -0.05) is 45.4 Å². The van der Waals surface area contributed by atoms with Crippen molar-refractivity contribution < 1.29 is 23.2 Å². The third kappa shape index (κ3) is 5.72. The number of hydrogen-bond donors (Lipinski definition) is 2. The van der Waals surface area contributed by atoms with Crippen molar-refractivity contribution >= 4 is 14.0 Å². The Labute approximate surface area is 165 Å². The van der Waals surface area contributed by atoms with Gasteiger partial charge < -0.3 is 10.5 Å². The van der Waals surface area contributed by atoms with Crippen LogP contribution in [0.15, 0.2) is 17.1 Å². The highest BCUT2D eigenvalue weighted by atomic mass is 31.2. The predicted octanol–water partition coefficient (Wildman–Crippen LogP) is 2.97. The van der Waals surface area contributed by atoms with Crippen LogP contribution in [0.3, 0.4) is 0 Å². The van der Waals surface area contributed by atoms with Crippen LogP contribution < -0.4 is 11.4 Å². The minimum atomic E-state index is -3.34. The van der Waals surface area contributed by atoms with Crippen molar-refractivity contribution in [3.8, 4) is 0 Å². The Hall–Kier alpha value is -1.09. The molecule has 1 aromatic rings. The topological polar surface area (TPSA) is 118 Å². The molecule has 3 heterocycles. The van der Waals surface area contributed by atoms with Crippen molar-refractivity contribution in [1.29, 1.82) is 0 Å². The third-order valence-electron chi connectivity index (χ3n) is 5.02. The van der Waals surface area contributed by atoms with Crippen LogP contribution in [-0.4, -0.2) is 39.9 Å². The Kier molecular flexibility index (Phi) is 7.79. The number of hydrogen-bond acceptors (Lipinski definition) is 8. The van der Waals surface area contributed by atoms with Gasteiger partial charge >= 0.3 is 13.9 Å². The highest BCUT2D eigenvalue weighted by Crippen LogP contribution is 2.63. The maximum absolute atomic E-state index is 12.0. The number of aromatic nitrogens is 2. The van der Waals surface area contributed by atoms with Crippen molar-refractivity contribution in [1.82, 2.24) is 9.55 Å². The van der Waals surface area contributed by atoms with Gasteiger partial charge in [-0.25, -0.2) is 4.79 Å². The lowest BCUT2D eigenvalue weighted by molar-refractivity contribution is -0.0818. The fourth-order valence-corrected chi connectivity index (χ4v) is 4.91. The molecular formula is C18H31N3O6P+. The SMILES string of the molecule is CCCCCCCCCO[P+]1(O)OC[C@H]2O[C@@H](n3ccc(N)nc3=O)C[C@@H]2O1. The first-order valence-electron chi connectivity index (χ1n) is 10.1. The number of nitrogens with two attached hydrogens (primary N) is 1. The normalized spacial score (nSPS) is 29.7. The minimum Gasteiger partial charge on any atom is -0.383 e. The number of nitrogen functional groups attached to an aromatic ring is 1. The van der Waals surface area contributed by atoms with Crippen molar-refractivity contribution in [2.75, 3.05) is 18.9 Å². The van der Waals surface area contributed by atoms with Gasteiger partial charge in [0.15, 0.2) is 0 Å². The van der Waals surface area contributed by atoms with Gasteiger partial charge in [0, 0.05) is 12.6 Å². The molecule has 0 radical (unpaired) electrons. The van der Waals surface area contributed by atoms with Gasteiger partial charge in [0.2, 0.25) is 0 Å². The molecule has 9 nitrogen and oxygen atoms in total. The summed E-state index contributed by atoms with van der Waals surface area (Å²) in [5.41, 5.74) is 5.04. The van der Waals surface area contributed by atoms with E-state index in [0.717, 1.165) is 12.8 Å². The van der Waals surface area contributed by atoms with Gasteiger partial charge in [-0.05, 0) is 12.5 Å². The molecule has 0 amide bonds. The molecule has 158 valence electrons. The highest BCUT2D eigenvalue weighted by molar-refractivity contribution is 7.55. The van der Waals surface area contributed by atoms with Crippen LogP contribution >= 0.6 is 8.17 Å². The monoisotopic (exact) mass is 416 g/mol. The van der Waals surface area contributed by atoms with E-state index in [9.17, 15) is 9.69 Å². The maximum atomic E-state index is 12.0. The summed E-state index contributed by atoms with van der Waals surface area (Å²) in [7, 11) is -3.34. The first-order valence-corrected chi connectivity index (χ1v) is 11.6. The van der Waals surface area contributed by atoms with E-state index in [2.05, 4.69) is 11.9 Å². The Morgan fingerprint density at radius 1 is 1.29 bits per heavy atom. The average molecular weight is 416 g/mol. The first-order chi connectivity index (χ1) is 13.5. The number of unbranched alkanes of at least 4 members (excludes halogenated alkanes) is 6. The third-order valence-corrected chi connectivity index (χ3v) is 6.54. The van der Waals surface area contributed by atoms with E-state index in [1.54, 1.807) is 12.3 Å². The Morgan fingerprint density at radius 3 is 2.79 bits per heavy atom. The van der Waals surface area contributed by atoms with Gasteiger partial charge in [0.1, 0.15) is 37.5 Å². The van der Waals surface area contributed by atoms with Gasteiger partial charge in [-0.3, -0.25) is 4.57 Å². The highest BCUT2D eigenvalue weighted by Gasteiger charge is 2.57. The molecule has 28 heavy (non-hydrogen) atoms. The van der Waals surface area contributed by atoms with Crippen LogP contribution in [0.25, 0.3) is 0 Å². The molecule has 2 fully saturated rings. The molecule has 0 aromatic carbocycles. The summed E-state index contributed by atoms with van der Waals surface area (Å²) in [4.78, 5) is 26.2. The fourth-order valence-electron chi connectivity index (χ4n) is 3.45. The van der Waals surface area contributed by atoms with E-state index in [0.29, 0.717) is 13.0 Å². The Morgan fingerprint density at radius 2 is 2.04 bits per heavy atom. The van der Waals surface area contributed by atoms with Gasteiger partial charge in [0.25, 0.3) is 0 Å². The quantitative estimate of drug-likeness (QED) is 0.441. The van der Waals surface area contributed by atoms with Gasteiger partial charge in [-0.15, -0.1) is 4.52 Å². The molecule has 3 N–H and O–H groups in total. The van der Waals surface area contributed by atoms with Crippen molar-refractivity contribution in [2.24, 2.45) is 0 Å². The summed E-state index contributed by atoms with van der Waals surface area (Å²) < 4.78 is 23.9. The molecule has 10 heteroatoms. The summed E-state index contributed by atoms with van der Waals surface area (Å²) >= 11 is 0. The van der Waals surface area contributed by atoms with E-state index in [4.69, 9.17) is 24.0 Å². The van der Waals surface area contributed by atoms with Crippen LogP contribution in [0.1, 0.15) is 64.5 Å². The molecule has 2 aliphatic heterocycles. The summed E-state index contributed by atoms with van der Waals surface area (Å²) in [5.74, 6) is 0.162. The lowest BCUT2D eigenvalue weighted by Crippen LogP contribution is -2.35. The molecule has 0 bridgehead atoms. The summed E-state index contributed by atoms with van der Waals surface area (Å²) in [6.07, 6.45) is 8.80. The molecule has 0 aliphatic carbocycles. The maximum Gasteiger partial charge on any atom is 0.573 e. The number of fused-ring (bicyclic) bond motifs is 1. The number of anilines is 1. The molecule has 1 aromatic heterocycles. The Balaban J connectivity index is 1.43.